The van der Waals surface area contributed by atoms with Crippen molar-refractivity contribution in [3.63, 3.8) is 0 Å². The number of ether oxygens (including phenoxy) is 1. The molecule has 2 rings (SSSR count). The highest BCUT2D eigenvalue weighted by atomic mass is 32.2. The van der Waals surface area contributed by atoms with Crippen molar-refractivity contribution >= 4 is 33.3 Å². The molecule has 0 bridgehead atoms. The lowest BCUT2D eigenvalue weighted by molar-refractivity contribution is -0.142. The van der Waals surface area contributed by atoms with Crippen LogP contribution in [0.4, 0.5) is 0 Å². The van der Waals surface area contributed by atoms with Crippen LogP contribution >= 0.6 is 11.3 Å². The molecule has 2 heterocycles. The number of esters is 1. The van der Waals surface area contributed by atoms with E-state index in [4.69, 9.17) is 5.11 Å². The molecule has 1 saturated heterocycles. The number of thiophene rings is 1. The van der Waals surface area contributed by atoms with E-state index in [1.165, 1.54) is 18.6 Å². The molecule has 1 aromatic heterocycles. The Morgan fingerprint density at radius 3 is 2.62 bits per heavy atom. The van der Waals surface area contributed by atoms with E-state index in [0.717, 1.165) is 15.6 Å². The molecule has 1 aliphatic heterocycles. The minimum absolute atomic E-state index is 0.0149. The van der Waals surface area contributed by atoms with E-state index >= 15 is 0 Å². The van der Waals surface area contributed by atoms with Gasteiger partial charge in [0.2, 0.25) is 0 Å². The standard InChI is InChI=1S/C12H15NO6S2/c1-7-4-13(5-9(7)11(14)15)21(17,18)10-3-8(6-20-10)12(16)19-2/h3,6-7,9H,4-5H2,1-2H3,(H,14,15)/t7-,9-/m1/s1. The van der Waals surface area contributed by atoms with Crippen molar-refractivity contribution in [2.45, 2.75) is 11.1 Å². The quantitative estimate of drug-likeness (QED) is 0.821. The van der Waals surface area contributed by atoms with Crippen molar-refractivity contribution in [2.24, 2.45) is 11.8 Å². The molecule has 0 aromatic carbocycles. The number of carboxylic acids is 1. The Morgan fingerprint density at radius 2 is 2.10 bits per heavy atom. The van der Waals surface area contributed by atoms with E-state index in [2.05, 4.69) is 4.74 Å². The molecule has 1 fully saturated rings. The first-order chi connectivity index (χ1) is 9.77. The lowest BCUT2D eigenvalue weighted by Gasteiger charge is -2.14. The zero-order valence-electron chi connectivity index (χ0n) is 11.5. The highest BCUT2D eigenvalue weighted by Gasteiger charge is 2.41. The zero-order chi connectivity index (χ0) is 15.8. The number of nitrogens with zero attached hydrogens (tertiary/aromatic N) is 1. The maximum atomic E-state index is 12.5. The molecule has 1 aliphatic rings. The lowest BCUT2D eigenvalue weighted by Crippen LogP contribution is -2.29. The Labute approximate surface area is 126 Å². The van der Waals surface area contributed by atoms with Gasteiger partial charge in [0, 0.05) is 18.5 Å². The number of rotatable bonds is 4. The van der Waals surface area contributed by atoms with Crippen LogP contribution in [0.25, 0.3) is 0 Å². The van der Waals surface area contributed by atoms with E-state index in [-0.39, 0.29) is 28.8 Å². The second kappa shape index (κ2) is 5.74. The van der Waals surface area contributed by atoms with Crippen LogP contribution in [0.2, 0.25) is 0 Å². The molecular weight excluding hydrogens is 318 g/mol. The third kappa shape index (κ3) is 2.94. The topological polar surface area (TPSA) is 101 Å². The molecule has 0 aliphatic carbocycles. The van der Waals surface area contributed by atoms with Crippen LogP contribution in [0.3, 0.4) is 0 Å². The summed E-state index contributed by atoms with van der Waals surface area (Å²) in [4.78, 5) is 22.4. The fourth-order valence-electron chi connectivity index (χ4n) is 2.24. The summed E-state index contributed by atoms with van der Waals surface area (Å²) in [5, 5.41) is 10.5. The van der Waals surface area contributed by atoms with E-state index in [1.807, 2.05) is 0 Å². The maximum Gasteiger partial charge on any atom is 0.338 e. The maximum absolute atomic E-state index is 12.5. The Hall–Kier alpha value is -1.45. The van der Waals surface area contributed by atoms with Crippen molar-refractivity contribution in [3.05, 3.63) is 17.0 Å². The van der Waals surface area contributed by atoms with Crippen LogP contribution in [-0.4, -0.2) is 50.0 Å². The highest BCUT2D eigenvalue weighted by molar-refractivity contribution is 7.91. The molecule has 1 aromatic rings. The average molecular weight is 333 g/mol. The van der Waals surface area contributed by atoms with Gasteiger partial charge in [-0.2, -0.15) is 4.31 Å². The SMILES string of the molecule is COC(=O)c1csc(S(=O)(=O)N2C[C@@H](C)[C@H](C(=O)O)C2)c1. The summed E-state index contributed by atoms with van der Waals surface area (Å²) in [6, 6.07) is 1.25. The van der Waals surface area contributed by atoms with Gasteiger partial charge >= 0.3 is 11.9 Å². The molecule has 116 valence electrons. The van der Waals surface area contributed by atoms with Gasteiger partial charge < -0.3 is 9.84 Å². The molecular formula is C12H15NO6S2. The fraction of sp³-hybridized carbons (Fsp3) is 0.500. The molecule has 2 atom stereocenters. The average Bonchev–Trinajstić information content (AvgIpc) is 3.04. The van der Waals surface area contributed by atoms with Gasteiger partial charge in [0.15, 0.2) is 0 Å². The summed E-state index contributed by atoms with van der Waals surface area (Å²) >= 11 is 0.920. The van der Waals surface area contributed by atoms with Crippen LogP contribution in [0.1, 0.15) is 17.3 Å². The first-order valence-electron chi connectivity index (χ1n) is 6.17. The number of hydrogen-bond acceptors (Lipinski definition) is 6. The van der Waals surface area contributed by atoms with Crippen LogP contribution in [0.15, 0.2) is 15.7 Å². The molecule has 1 N–H and O–H groups in total. The largest absolute Gasteiger partial charge is 0.481 e. The second-order valence-corrected chi connectivity index (χ2v) is 7.97. The molecule has 0 saturated carbocycles. The second-order valence-electron chi connectivity index (χ2n) is 4.89. The van der Waals surface area contributed by atoms with Crippen LogP contribution in [0, 0.1) is 11.8 Å². The van der Waals surface area contributed by atoms with Crippen LogP contribution in [0.5, 0.6) is 0 Å². The third-order valence-electron chi connectivity index (χ3n) is 3.49. The van der Waals surface area contributed by atoms with Gasteiger partial charge in [0.05, 0.1) is 18.6 Å². The van der Waals surface area contributed by atoms with E-state index in [9.17, 15) is 18.0 Å². The molecule has 0 spiro atoms. The lowest BCUT2D eigenvalue weighted by atomic mass is 9.99. The molecule has 0 unspecified atom stereocenters. The molecule has 9 heteroatoms. The third-order valence-corrected chi connectivity index (χ3v) is 6.73. The molecule has 7 nitrogen and oxygen atoms in total. The monoisotopic (exact) mass is 333 g/mol. The summed E-state index contributed by atoms with van der Waals surface area (Å²) in [6.07, 6.45) is 0. The fourth-order valence-corrected chi connectivity index (χ4v) is 5.11. The highest BCUT2D eigenvalue weighted by Crippen LogP contribution is 2.31. The van der Waals surface area contributed by atoms with E-state index < -0.39 is 27.9 Å². The predicted molar refractivity (Wildman–Crippen MR) is 74.7 cm³/mol. The normalized spacial score (nSPS) is 23.1. The summed E-state index contributed by atoms with van der Waals surface area (Å²) < 4.78 is 30.6. The minimum Gasteiger partial charge on any atom is -0.481 e. The summed E-state index contributed by atoms with van der Waals surface area (Å²) in [5.74, 6) is -2.57. The van der Waals surface area contributed by atoms with Crippen molar-refractivity contribution in [3.8, 4) is 0 Å². The van der Waals surface area contributed by atoms with Crippen molar-refractivity contribution in [2.75, 3.05) is 20.2 Å². The minimum atomic E-state index is -3.78. The Bertz CT molecular complexity index is 665. The molecule has 21 heavy (non-hydrogen) atoms. The predicted octanol–water partition coefficient (Wildman–Crippen LogP) is 0.876. The number of aliphatic carboxylic acids is 1. The van der Waals surface area contributed by atoms with Gasteiger partial charge in [-0.1, -0.05) is 6.92 Å². The number of hydrogen-bond donors (Lipinski definition) is 1. The Morgan fingerprint density at radius 1 is 1.43 bits per heavy atom. The van der Waals surface area contributed by atoms with Crippen LogP contribution in [-0.2, 0) is 19.6 Å². The summed E-state index contributed by atoms with van der Waals surface area (Å²) in [6.45, 7) is 1.82. The van der Waals surface area contributed by atoms with E-state index in [0.29, 0.717) is 0 Å². The molecule has 0 amide bonds. The smallest absolute Gasteiger partial charge is 0.338 e. The number of carbonyl (C=O) groups is 2. The first kappa shape index (κ1) is 15.9. The van der Waals surface area contributed by atoms with Crippen molar-refractivity contribution in [1.82, 2.24) is 4.31 Å². The van der Waals surface area contributed by atoms with Gasteiger partial charge in [-0.3, -0.25) is 4.79 Å². The summed E-state index contributed by atoms with van der Waals surface area (Å²) in [7, 11) is -2.56. The Kier molecular flexibility index (Phi) is 4.35. The van der Waals surface area contributed by atoms with Gasteiger partial charge in [-0.05, 0) is 12.0 Å². The zero-order valence-corrected chi connectivity index (χ0v) is 13.1. The van der Waals surface area contributed by atoms with Gasteiger partial charge in [-0.25, -0.2) is 13.2 Å². The number of carbonyl (C=O) groups excluding carboxylic acids is 1. The van der Waals surface area contributed by atoms with Crippen molar-refractivity contribution < 1.29 is 27.9 Å². The Balaban J connectivity index is 2.25. The summed E-state index contributed by atoms with van der Waals surface area (Å²) in [5.41, 5.74) is 0.170. The number of methoxy groups -OCH3 is 1. The first-order valence-corrected chi connectivity index (χ1v) is 8.49. The van der Waals surface area contributed by atoms with Gasteiger partial charge in [0.1, 0.15) is 4.21 Å². The van der Waals surface area contributed by atoms with Gasteiger partial charge in [0.25, 0.3) is 10.0 Å². The van der Waals surface area contributed by atoms with Crippen LogP contribution < -0.4 is 0 Å². The molecule has 0 radical (unpaired) electrons. The number of sulfonamides is 1. The number of carboxylic acid groups (broad SMARTS) is 1. The van der Waals surface area contributed by atoms with Gasteiger partial charge in [-0.15, -0.1) is 11.3 Å². The van der Waals surface area contributed by atoms with E-state index in [1.54, 1.807) is 6.92 Å². The van der Waals surface area contributed by atoms with Crippen molar-refractivity contribution in [1.29, 1.82) is 0 Å².